The molecule has 2 aliphatic rings. The summed E-state index contributed by atoms with van der Waals surface area (Å²) < 4.78 is 26.6. The quantitative estimate of drug-likeness (QED) is 0.857. The number of halogens is 2. The van der Waals surface area contributed by atoms with Crippen molar-refractivity contribution >= 4 is 29.4 Å². The van der Waals surface area contributed by atoms with E-state index in [4.69, 9.17) is 0 Å². The van der Waals surface area contributed by atoms with E-state index in [0.717, 1.165) is 29.2 Å². The molecule has 19 heavy (non-hydrogen) atoms. The molecule has 2 aliphatic heterocycles. The molecular weight excluding hydrogens is 274 g/mol. The summed E-state index contributed by atoms with van der Waals surface area (Å²) in [6, 6.07) is 1.93. The van der Waals surface area contributed by atoms with E-state index < -0.39 is 23.6 Å². The van der Waals surface area contributed by atoms with Gasteiger partial charge in [0.05, 0.1) is 11.7 Å². The van der Waals surface area contributed by atoms with Crippen molar-refractivity contribution in [2.45, 2.75) is 17.7 Å². The van der Waals surface area contributed by atoms with Gasteiger partial charge < -0.3 is 5.32 Å². The highest BCUT2D eigenvalue weighted by atomic mass is 32.2. The van der Waals surface area contributed by atoms with Crippen LogP contribution < -0.4 is 10.2 Å². The van der Waals surface area contributed by atoms with Crippen molar-refractivity contribution in [3.63, 3.8) is 0 Å². The number of imide groups is 1. The highest BCUT2D eigenvalue weighted by Gasteiger charge is 2.45. The number of urea groups is 1. The Bertz CT molecular complexity index is 567. The van der Waals surface area contributed by atoms with Crippen LogP contribution in [-0.2, 0) is 4.79 Å². The first-order valence-electron chi connectivity index (χ1n) is 5.79. The Morgan fingerprint density at radius 3 is 2.84 bits per heavy atom. The van der Waals surface area contributed by atoms with Gasteiger partial charge in [-0.1, -0.05) is 0 Å². The van der Waals surface area contributed by atoms with Crippen molar-refractivity contribution in [3.8, 4) is 0 Å². The second-order valence-electron chi connectivity index (χ2n) is 4.41. The van der Waals surface area contributed by atoms with E-state index in [1.54, 1.807) is 0 Å². The standard InChI is InChI=1S/C12H10F2N2O2S/c13-6-1-2-9(7(14)5-6)16-11(17)10-8(3-4-19-10)15-12(16)18/h1-2,5,8,10H,3-4H2,(H,15,18). The molecule has 100 valence electrons. The summed E-state index contributed by atoms with van der Waals surface area (Å²) in [5.41, 5.74) is -0.213. The zero-order valence-corrected chi connectivity index (χ0v) is 10.5. The normalized spacial score (nSPS) is 26.3. The van der Waals surface area contributed by atoms with Crippen LogP contribution in [0.5, 0.6) is 0 Å². The topological polar surface area (TPSA) is 49.4 Å². The van der Waals surface area contributed by atoms with E-state index in [1.807, 2.05) is 0 Å². The highest BCUT2D eigenvalue weighted by Crippen LogP contribution is 2.34. The molecule has 2 saturated heterocycles. The average Bonchev–Trinajstić information content (AvgIpc) is 2.80. The van der Waals surface area contributed by atoms with E-state index in [-0.39, 0.29) is 17.0 Å². The third-order valence-corrected chi connectivity index (χ3v) is 4.58. The molecule has 0 aliphatic carbocycles. The van der Waals surface area contributed by atoms with E-state index in [9.17, 15) is 18.4 Å². The van der Waals surface area contributed by atoms with Crippen LogP contribution in [-0.4, -0.2) is 29.0 Å². The summed E-state index contributed by atoms with van der Waals surface area (Å²) in [4.78, 5) is 24.9. The molecule has 0 spiro atoms. The van der Waals surface area contributed by atoms with E-state index in [2.05, 4.69) is 5.32 Å². The van der Waals surface area contributed by atoms with E-state index >= 15 is 0 Å². The lowest BCUT2D eigenvalue weighted by Crippen LogP contribution is -2.60. The maximum Gasteiger partial charge on any atom is 0.329 e. The lowest BCUT2D eigenvalue weighted by Gasteiger charge is -2.33. The first-order valence-corrected chi connectivity index (χ1v) is 6.84. The highest BCUT2D eigenvalue weighted by molar-refractivity contribution is 8.01. The van der Waals surface area contributed by atoms with Crippen LogP contribution in [0, 0.1) is 11.6 Å². The summed E-state index contributed by atoms with van der Waals surface area (Å²) in [6.45, 7) is 0. The zero-order valence-electron chi connectivity index (χ0n) is 9.73. The second-order valence-corrected chi connectivity index (χ2v) is 5.65. The summed E-state index contributed by atoms with van der Waals surface area (Å²) in [5, 5.41) is 2.30. The van der Waals surface area contributed by atoms with Crippen LogP contribution in [0.2, 0.25) is 0 Å². The summed E-state index contributed by atoms with van der Waals surface area (Å²) in [6.07, 6.45) is 0.729. The summed E-state index contributed by atoms with van der Waals surface area (Å²) in [7, 11) is 0. The van der Waals surface area contributed by atoms with E-state index in [0.29, 0.717) is 6.07 Å². The third kappa shape index (κ3) is 1.98. The van der Waals surface area contributed by atoms with Gasteiger partial charge in [0.15, 0.2) is 0 Å². The van der Waals surface area contributed by atoms with Gasteiger partial charge in [-0.15, -0.1) is 11.8 Å². The third-order valence-electron chi connectivity index (χ3n) is 3.22. The molecule has 4 nitrogen and oxygen atoms in total. The van der Waals surface area contributed by atoms with Gasteiger partial charge in [0.1, 0.15) is 16.9 Å². The van der Waals surface area contributed by atoms with Gasteiger partial charge in [-0.05, 0) is 24.3 Å². The Balaban J connectivity index is 1.99. The maximum absolute atomic E-state index is 13.7. The van der Waals surface area contributed by atoms with Crippen molar-refractivity contribution < 1.29 is 18.4 Å². The average molecular weight is 284 g/mol. The molecule has 0 saturated carbocycles. The minimum Gasteiger partial charge on any atom is -0.333 e. The molecule has 2 fully saturated rings. The van der Waals surface area contributed by atoms with Crippen LogP contribution in [0.3, 0.4) is 0 Å². The van der Waals surface area contributed by atoms with Gasteiger partial charge in [-0.2, -0.15) is 0 Å². The SMILES string of the molecule is O=C1NC2CCSC2C(=O)N1c1ccc(F)cc1F. The Labute approximate surface area is 112 Å². The Morgan fingerprint density at radius 1 is 1.32 bits per heavy atom. The number of anilines is 1. The molecule has 0 aromatic heterocycles. The molecule has 0 radical (unpaired) electrons. The number of nitrogens with zero attached hydrogens (tertiary/aromatic N) is 1. The van der Waals surface area contributed by atoms with Crippen molar-refractivity contribution in [3.05, 3.63) is 29.8 Å². The van der Waals surface area contributed by atoms with Crippen molar-refractivity contribution in [2.24, 2.45) is 0 Å². The number of carbonyl (C=O) groups is 2. The van der Waals surface area contributed by atoms with Gasteiger partial charge in [0.2, 0.25) is 0 Å². The molecule has 7 heteroatoms. The van der Waals surface area contributed by atoms with Gasteiger partial charge >= 0.3 is 6.03 Å². The first-order chi connectivity index (χ1) is 9.08. The van der Waals surface area contributed by atoms with Gasteiger partial charge in [-0.3, -0.25) is 4.79 Å². The van der Waals surface area contributed by atoms with Crippen LogP contribution in [0.4, 0.5) is 19.3 Å². The molecule has 3 rings (SSSR count). The fraction of sp³-hybridized carbons (Fsp3) is 0.333. The minimum absolute atomic E-state index is 0.190. The number of rotatable bonds is 1. The van der Waals surface area contributed by atoms with Crippen LogP contribution in [0.1, 0.15) is 6.42 Å². The molecule has 1 N–H and O–H groups in total. The zero-order chi connectivity index (χ0) is 13.6. The molecule has 2 atom stereocenters. The molecule has 2 heterocycles. The maximum atomic E-state index is 13.7. The summed E-state index contributed by atoms with van der Waals surface area (Å²) in [5.74, 6) is -1.34. The van der Waals surface area contributed by atoms with Gasteiger partial charge in [-0.25, -0.2) is 18.5 Å². The van der Waals surface area contributed by atoms with Gasteiger partial charge in [0.25, 0.3) is 5.91 Å². The van der Waals surface area contributed by atoms with Crippen molar-refractivity contribution in [1.29, 1.82) is 0 Å². The predicted molar refractivity (Wildman–Crippen MR) is 67.0 cm³/mol. The molecule has 2 unspecified atom stereocenters. The molecule has 1 aromatic rings. The number of carbonyl (C=O) groups excluding carboxylic acids is 2. The summed E-state index contributed by atoms with van der Waals surface area (Å²) >= 11 is 1.44. The van der Waals surface area contributed by atoms with Crippen molar-refractivity contribution in [1.82, 2.24) is 5.32 Å². The largest absolute Gasteiger partial charge is 0.333 e. The predicted octanol–water partition coefficient (Wildman–Crippen LogP) is 1.90. The van der Waals surface area contributed by atoms with E-state index in [1.165, 1.54) is 11.8 Å². The fourth-order valence-corrected chi connectivity index (χ4v) is 3.65. The first kappa shape index (κ1) is 12.4. The molecule has 0 bridgehead atoms. The molecule has 3 amide bonds. The monoisotopic (exact) mass is 284 g/mol. The number of nitrogens with one attached hydrogen (secondary N) is 1. The van der Waals surface area contributed by atoms with Crippen LogP contribution in [0.15, 0.2) is 18.2 Å². The van der Waals surface area contributed by atoms with Gasteiger partial charge in [0, 0.05) is 6.07 Å². The lowest BCUT2D eigenvalue weighted by atomic mass is 10.1. The number of hydrogen-bond donors (Lipinski definition) is 1. The van der Waals surface area contributed by atoms with Crippen molar-refractivity contribution in [2.75, 3.05) is 10.7 Å². The fourth-order valence-electron chi connectivity index (χ4n) is 2.32. The van der Waals surface area contributed by atoms with Crippen LogP contribution >= 0.6 is 11.8 Å². The lowest BCUT2D eigenvalue weighted by molar-refractivity contribution is -0.118. The molecular formula is C12H10F2N2O2S. The number of thioether (sulfide) groups is 1. The Kier molecular flexibility index (Phi) is 2.93. The minimum atomic E-state index is -0.926. The second kappa shape index (κ2) is 4.48. The number of fused-ring (bicyclic) bond motifs is 1. The Morgan fingerprint density at radius 2 is 2.11 bits per heavy atom. The number of benzene rings is 1. The van der Waals surface area contributed by atoms with Crippen LogP contribution in [0.25, 0.3) is 0 Å². The molecule has 1 aromatic carbocycles. The number of amides is 3. The smallest absolute Gasteiger partial charge is 0.329 e. The number of hydrogen-bond acceptors (Lipinski definition) is 3. The Hall–Kier alpha value is -1.63.